The number of piperidine rings is 1. The molecule has 1 aromatic carbocycles. The Hall–Kier alpha value is -2.30. The first-order chi connectivity index (χ1) is 10.6. The first kappa shape index (κ1) is 14.6. The van der Waals surface area contributed by atoms with Gasteiger partial charge < -0.3 is 14.6 Å². The van der Waals surface area contributed by atoms with Gasteiger partial charge in [0, 0.05) is 24.3 Å². The van der Waals surface area contributed by atoms with Crippen LogP contribution in [-0.2, 0) is 16.1 Å². The van der Waals surface area contributed by atoms with Gasteiger partial charge in [-0.2, -0.15) is 0 Å². The van der Waals surface area contributed by atoms with Crippen LogP contribution >= 0.6 is 0 Å². The molecule has 1 saturated heterocycles. The van der Waals surface area contributed by atoms with Crippen LogP contribution in [0, 0.1) is 12.8 Å². The molecule has 22 heavy (non-hydrogen) atoms. The van der Waals surface area contributed by atoms with Crippen molar-refractivity contribution in [2.45, 2.75) is 26.3 Å². The standard InChI is InChI=1S/C17H20N2O3/c1-12-9-13-5-2-3-7-15(13)19(12)11-16(20)18-8-4-6-14(10-18)17(21)22/h2-3,5,7,9,14H,4,6,8,10-11H2,1H3,(H,21,22). The highest BCUT2D eigenvalue weighted by Crippen LogP contribution is 2.21. The van der Waals surface area contributed by atoms with E-state index in [0.29, 0.717) is 19.5 Å². The third-order valence-electron chi connectivity index (χ3n) is 4.43. The lowest BCUT2D eigenvalue weighted by Gasteiger charge is -2.31. The van der Waals surface area contributed by atoms with Gasteiger partial charge >= 0.3 is 5.97 Å². The van der Waals surface area contributed by atoms with Crippen LogP contribution in [0.15, 0.2) is 30.3 Å². The lowest BCUT2D eigenvalue weighted by atomic mass is 9.98. The van der Waals surface area contributed by atoms with E-state index < -0.39 is 11.9 Å². The first-order valence-corrected chi connectivity index (χ1v) is 7.61. The second-order valence-corrected chi connectivity index (χ2v) is 5.95. The number of amides is 1. The predicted molar refractivity (Wildman–Crippen MR) is 83.6 cm³/mol. The highest BCUT2D eigenvalue weighted by atomic mass is 16.4. The number of nitrogens with zero attached hydrogens (tertiary/aromatic N) is 2. The molecule has 1 fully saturated rings. The molecule has 5 heteroatoms. The van der Waals surface area contributed by atoms with E-state index in [9.17, 15) is 9.59 Å². The highest BCUT2D eigenvalue weighted by Gasteiger charge is 2.28. The molecule has 1 atom stereocenters. The smallest absolute Gasteiger partial charge is 0.308 e. The Labute approximate surface area is 129 Å². The normalized spacial score (nSPS) is 18.6. The second kappa shape index (κ2) is 5.83. The summed E-state index contributed by atoms with van der Waals surface area (Å²) in [5.41, 5.74) is 2.08. The van der Waals surface area contributed by atoms with Crippen LogP contribution in [-0.4, -0.2) is 39.5 Å². The summed E-state index contributed by atoms with van der Waals surface area (Å²) in [6.45, 7) is 3.24. The number of para-hydroxylation sites is 1. The van der Waals surface area contributed by atoms with E-state index in [0.717, 1.165) is 23.0 Å². The van der Waals surface area contributed by atoms with Crippen molar-refractivity contribution >= 4 is 22.8 Å². The number of aromatic nitrogens is 1. The van der Waals surface area contributed by atoms with Crippen LogP contribution in [0.1, 0.15) is 18.5 Å². The topological polar surface area (TPSA) is 62.5 Å². The molecule has 1 N–H and O–H groups in total. The molecule has 0 saturated carbocycles. The van der Waals surface area contributed by atoms with Gasteiger partial charge in [0.1, 0.15) is 6.54 Å². The molecule has 1 aliphatic rings. The summed E-state index contributed by atoms with van der Waals surface area (Å²) >= 11 is 0. The molecule has 5 nitrogen and oxygen atoms in total. The van der Waals surface area contributed by atoms with Crippen molar-refractivity contribution in [3.8, 4) is 0 Å². The zero-order valence-corrected chi connectivity index (χ0v) is 12.7. The number of carbonyl (C=O) groups is 2. The summed E-state index contributed by atoms with van der Waals surface area (Å²) in [5, 5.41) is 10.3. The monoisotopic (exact) mass is 300 g/mol. The average molecular weight is 300 g/mol. The van der Waals surface area contributed by atoms with Gasteiger partial charge in [0.25, 0.3) is 0 Å². The van der Waals surface area contributed by atoms with E-state index in [4.69, 9.17) is 5.11 Å². The minimum Gasteiger partial charge on any atom is -0.481 e. The quantitative estimate of drug-likeness (QED) is 0.946. The number of rotatable bonds is 3. The van der Waals surface area contributed by atoms with Crippen molar-refractivity contribution in [1.82, 2.24) is 9.47 Å². The molecule has 0 radical (unpaired) electrons. The lowest BCUT2D eigenvalue weighted by molar-refractivity contribution is -0.145. The van der Waals surface area contributed by atoms with Crippen LogP contribution in [0.4, 0.5) is 0 Å². The molecule has 3 rings (SSSR count). The summed E-state index contributed by atoms with van der Waals surface area (Å²) < 4.78 is 2.00. The minimum atomic E-state index is -0.805. The van der Waals surface area contributed by atoms with Gasteiger partial charge in [-0.05, 0) is 37.3 Å². The van der Waals surface area contributed by atoms with Gasteiger partial charge in [0.15, 0.2) is 0 Å². The largest absolute Gasteiger partial charge is 0.481 e. The van der Waals surface area contributed by atoms with Crippen molar-refractivity contribution in [2.24, 2.45) is 5.92 Å². The van der Waals surface area contributed by atoms with E-state index in [1.165, 1.54) is 0 Å². The number of carboxylic acid groups (broad SMARTS) is 1. The van der Waals surface area contributed by atoms with E-state index >= 15 is 0 Å². The van der Waals surface area contributed by atoms with Crippen molar-refractivity contribution < 1.29 is 14.7 Å². The van der Waals surface area contributed by atoms with E-state index in [2.05, 4.69) is 6.07 Å². The van der Waals surface area contributed by atoms with Gasteiger partial charge in [0.05, 0.1) is 5.92 Å². The Bertz CT molecular complexity index is 720. The van der Waals surface area contributed by atoms with Gasteiger partial charge in [-0.15, -0.1) is 0 Å². The van der Waals surface area contributed by atoms with Gasteiger partial charge in [0.2, 0.25) is 5.91 Å². The molecule has 2 aromatic rings. The highest BCUT2D eigenvalue weighted by molar-refractivity contribution is 5.84. The molecule has 1 amide bonds. The molecular formula is C17H20N2O3. The van der Waals surface area contributed by atoms with Crippen LogP contribution in [0.2, 0.25) is 0 Å². The van der Waals surface area contributed by atoms with Gasteiger partial charge in [-0.25, -0.2) is 0 Å². The summed E-state index contributed by atoms with van der Waals surface area (Å²) in [6, 6.07) is 10.1. The van der Waals surface area contributed by atoms with E-state index in [-0.39, 0.29) is 12.5 Å². The zero-order chi connectivity index (χ0) is 15.7. The number of likely N-dealkylation sites (tertiary alicyclic amines) is 1. The van der Waals surface area contributed by atoms with Crippen LogP contribution in [0.3, 0.4) is 0 Å². The molecule has 0 spiro atoms. The number of hydrogen-bond donors (Lipinski definition) is 1. The summed E-state index contributed by atoms with van der Waals surface area (Å²) in [6.07, 6.45) is 1.42. The maximum absolute atomic E-state index is 12.5. The first-order valence-electron chi connectivity index (χ1n) is 7.61. The van der Waals surface area contributed by atoms with Crippen molar-refractivity contribution in [2.75, 3.05) is 13.1 Å². The molecule has 0 aliphatic carbocycles. The zero-order valence-electron chi connectivity index (χ0n) is 12.7. The summed E-state index contributed by atoms with van der Waals surface area (Å²) in [5.74, 6) is -1.24. The number of carboxylic acids is 1. The van der Waals surface area contributed by atoms with E-state index in [1.807, 2.05) is 35.8 Å². The summed E-state index contributed by atoms with van der Waals surface area (Å²) in [7, 11) is 0. The fourth-order valence-corrected chi connectivity index (χ4v) is 3.20. The molecule has 0 bridgehead atoms. The summed E-state index contributed by atoms with van der Waals surface area (Å²) in [4.78, 5) is 25.4. The maximum Gasteiger partial charge on any atom is 0.308 e. The number of fused-ring (bicyclic) bond motifs is 1. The third kappa shape index (κ3) is 2.71. The Morgan fingerprint density at radius 2 is 2.09 bits per heavy atom. The third-order valence-corrected chi connectivity index (χ3v) is 4.43. The van der Waals surface area contributed by atoms with Crippen LogP contribution < -0.4 is 0 Å². The molecular weight excluding hydrogens is 280 g/mol. The molecule has 1 aromatic heterocycles. The fraction of sp³-hybridized carbons (Fsp3) is 0.412. The molecule has 1 unspecified atom stereocenters. The molecule has 116 valence electrons. The Morgan fingerprint density at radius 3 is 2.86 bits per heavy atom. The van der Waals surface area contributed by atoms with E-state index in [1.54, 1.807) is 4.90 Å². The molecule has 1 aliphatic heterocycles. The lowest BCUT2D eigenvalue weighted by Crippen LogP contribution is -2.43. The number of aliphatic carboxylic acids is 1. The second-order valence-electron chi connectivity index (χ2n) is 5.95. The van der Waals surface area contributed by atoms with Gasteiger partial charge in [-0.3, -0.25) is 9.59 Å². The Morgan fingerprint density at radius 1 is 1.32 bits per heavy atom. The SMILES string of the molecule is Cc1cc2ccccc2n1CC(=O)N1CCCC(C(=O)O)C1. The molecule has 2 heterocycles. The Balaban J connectivity index is 1.78. The van der Waals surface area contributed by atoms with Crippen molar-refractivity contribution in [3.63, 3.8) is 0 Å². The maximum atomic E-state index is 12.5. The van der Waals surface area contributed by atoms with Crippen molar-refractivity contribution in [3.05, 3.63) is 36.0 Å². The predicted octanol–water partition coefficient (Wildman–Crippen LogP) is 2.27. The van der Waals surface area contributed by atoms with Crippen LogP contribution in [0.25, 0.3) is 10.9 Å². The number of carbonyl (C=O) groups excluding carboxylic acids is 1. The Kier molecular flexibility index (Phi) is 3.88. The van der Waals surface area contributed by atoms with Gasteiger partial charge in [-0.1, -0.05) is 18.2 Å². The van der Waals surface area contributed by atoms with Crippen LogP contribution in [0.5, 0.6) is 0 Å². The number of hydrogen-bond acceptors (Lipinski definition) is 2. The number of aryl methyl sites for hydroxylation is 1. The van der Waals surface area contributed by atoms with Crippen molar-refractivity contribution in [1.29, 1.82) is 0 Å². The minimum absolute atomic E-state index is 0.00426. The number of benzene rings is 1. The fourth-order valence-electron chi connectivity index (χ4n) is 3.20. The average Bonchev–Trinajstić information content (AvgIpc) is 2.83.